The zero-order valence-electron chi connectivity index (χ0n) is 11.2. The molecule has 6 nitrogen and oxygen atoms in total. The number of anilines is 1. The first-order valence-corrected chi connectivity index (χ1v) is 7.97. The number of primary amides is 1. The molecule has 20 heavy (non-hydrogen) atoms. The van der Waals surface area contributed by atoms with E-state index in [2.05, 4.69) is 9.71 Å². The third-order valence-corrected chi connectivity index (χ3v) is 3.93. The molecule has 0 aliphatic rings. The molecule has 0 atom stereocenters. The van der Waals surface area contributed by atoms with Crippen LogP contribution in [0.1, 0.15) is 10.5 Å². The molecule has 2 rings (SSSR count). The first kappa shape index (κ1) is 13.0. The van der Waals surface area contributed by atoms with Crippen molar-refractivity contribution in [1.82, 2.24) is 4.98 Å². The summed E-state index contributed by atoms with van der Waals surface area (Å²) in [7, 11) is -3.54. The van der Waals surface area contributed by atoms with E-state index in [1.165, 1.54) is 24.3 Å². The van der Waals surface area contributed by atoms with Crippen molar-refractivity contribution in [3.63, 3.8) is 0 Å². The maximum atomic E-state index is 12.9. The minimum atomic E-state index is -3.54. The van der Waals surface area contributed by atoms with Gasteiger partial charge in [-0.3, -0.25) is 9.52 Å². The number of hydrogen-bond acceptors (Lipinski definition) is 5. The maximum Gasteiger partial charge on any atom is 0.268 e. The van der Waals surface area contributed by atoms with Crippen LogP contribution in [0.2, 0.25) is 1.41 Å². The fraction of sp³-hybridized carbons (Fsp3) is 0.0909. The average molecular weight is 316 g/mol. The lowest BCUT2D eigenvalue weighted by Gasteiger charge is -1.98. The minimum Gasteiger partial charge on any atom is -0.364 e. The number of aromatic nitrogens is 1. The second-order valence-corrected chi connectivity index (χ2v) is 6.65. The Morgan fingerprint density at radius 3 is 2.65 bits per heavy atom. The highest BCUT2D eigenvalue weighted by molar-refractivity contribution is 7.92. The van der Waals surface area contributed by atoms with E-state index in [0.717, 1.165) is 17.6 Å². The van der Waals surface area contributed by atoms with Gasteiger partial charge in [-0.25, -0.2) is 17.8 Å². The lowest BCUT2D eigenvalue weighted by Crippen LogP contribution is -2.13. The molecule has 1 amide bonds. The topological polar surface area (TPSA) is 102 Å². The summed E-state index contributed by atoms with van der Waals surface area (Å²) >= 11 is 0.921. The predicted molar refractivity (Wildman–Crippen MR) is 74.5 cm³/mol. The van der Waals surface area contributed by atoms with Crippen LogP contribution in [0.3, 0.4) is 0 Å². The lowest BCUT2D eigenvalue weighted by molar-refractivity contribution is 0.0997. The van der Waals surface area contributed by atoms with E-state index in [4.69, 9.17) is 1.41 Å². The monoisotopic (exact) mass is 316 g/mol. The van der Waals surface area contributed by atoms with Gasteiger partial charge in [0.2, 0.25) is 10.0 Å². The molecular formula is C11H10FN3O3S2. The number of rotatable bonds is 4. The summed E-state index contributed by atoms with van der Waals surface area (Å²) in [5.41, 5.74) is 2.07. The molecule has 0 radical (unpaired) electrons. The number of nitrogens with zero attached hydrogens (tertiary/aromatic N) is 1. The van der Waals surface area contributed by atoms with Crippen LogP contribution >= 0.6 is 11.3 Å². The number of carbonyl (C=O) groups excluding carboxylic acids is 1. The van der Waals surface area contributed by atoms with Crippen molar-refractivity contribution in [2.45, 2.75) is 0 Å². The van der Waals surface area contributed by atoms with Gasteiger partial charge in [0, 0.05) is 0 Å². The molecule has 0 saturated carbocycles. The molecule has 3 N–H and O–H groups in total. The Morgan fingerprint density at radius 2 is 2.10 bits per heavy atom. The fourth-order valence-corrected chi connectivity index (χ4v) is 3.28. The number of sulfonamides is 1. The molecule has 1 aromatic heterocycles. The van der Waals surface area contributed by atoms with Gasteiger partial charge in [-0.1, -0.05) is 23.5 Å². The van der Waals surface area contributed by atoms with Crippen LogP contribution in [0.25, 0.3) is 10.4 Å². The van der Waals surface area contributed by atoms with Gasteiger partial charge in [0.15, 0.2) is 6.54 Å². The third kappa shape index (κ3) is 3.31. The van der Waals surface area contributed by atoms with Crippen LogP contribution < -0.4 is 10.4 Å². The summed E-state index contributed by atoms with van der Waals surface area (Å²) in [5.74, 6) is -1.23. The molecule has 0 aliphatic heterocycles. The van der Waals surface area contributed by atoms with Gasteiger partial charge in [-0.15, -0.1) is 0 Å². The first-order chi connectivity index (χ1) is 9.80. The van der Waals surface area contributed by atoms with E-state index >= 15 is 0 Å². The quantitative estimate of drug-likeness (QED) is 0.890. The van der Waals surface area contributed by atoms with E-state index in [-0.39, 0.29) is 10.8 Å². The summed E-state index contributed by atoms with van der Waals surface area (Å²) in [5, 5.41) is -0.00424. The summed E-state index contributed by atoms with van der Waals surface area (Å²) in [6, 6.07) is 5.30. The van der Waals surface area contributed by atoms with Crippen molar-refractivity contribution < 1.29 is 19.0 Å². The summed E-state index contributed by atoms with van der Waals surface area (Å²) in [6.45, 7) is 0. The average Bonchev–Trinajstić information content (AvgIpc) is 2.80. The third-order valence-electron chi connectivity index (χ3n) is 2.22. The standard InChI is InChI=1S/C11H10FN3O3S2/c1-20(17,18)15-11-14-8(10(13)16)9(19-11)6-2-4-7(12)5-3-6/h2-5H,1H3,(H2,13,16)(H,14,15)/i/hD. The number of benzene rings is 1. The number of thiazole rings is 1. The van der Waals surface area contributed by atoms with Crippen LogP contribution in [0, 0.1) is 5.82 Å². The number of nitrogens with two attached hydrogens (primary N) is 1. The largest absolute Gasteiger partial charge is 0.364 e. The first-order valence-electron chi connectivity index (χ1n) is 5.77. The Labute approximate surface area is 120 Å². The molecule has 0 spiro atoms. The van der Waals surface area contributed by atoms with Crippen LogP contribution in [-0.2, 0) is 10.0 Å². The SMILES string of the molecule is [2H]NC(=O)c1nc(NS(C)(=O)=O)sc1-c1ccc(F)cc1. The van der Waals surface area contributed by atoms with E-state index in [0.29, 0.717) is 10.4 Å². The Balaban J connectivity index is 2.52. The van der Waals surface area contributed by atoms with Crippen LogP contribution in [0.4, 0.5) is 9.52 Å². The number of carbonyl (C=O) groups is 1. The molecule has 0 fully saturated rings. The molecule has 1 heterocycles. The van der Waals surface area contributed by atoms with E-state index in [1.807, 2.05) is 0 Å². The predicted octanol–water partition coefficient (Wildman–Crippen LogP) is 1.42. The van der Waals surface area contributed by atoms with Gasteiger partial charge >= 0.3 is 0 Å². The summed E-state index contributed by atoms with van der Waals surface area (Å²) in [6.07, 6.45) is 0.955. The number of amides is 1. The summed E-state index contributed by atoms with van der Waals surface area (Å²) in [4.78, 5) is 15.9. The highest BCUT2D eigenvalue weighted by Crippen LogP contribution is 2.33. The number of nitrogens with one attached hydrogen (secondary N) is 1. The van der Waals surface area contributed by atoms with Crippen molar-refractivity contribution >= 4 is 32.4 Å². The molecule has 106 valence electrons. The van der Waals surface area contributed by atoms with Gasteiger partial charge in [0.25, 0.3) is 5.91 Å². The Hall–Kier alpha value is -2.00. The van der Waals surface area contributed by atoms with Gasteiger partial charge < -0.3 is 5.73 Å². The van der Waals surface area contributed by atoms with Gasteiger partial charge in [-0.2, -0.15) is 0 Å². The molecule has 2 aromatic rings. The van der Waals surface area contributed by atoms with E-state index in [1.54, 1.807) is 5.73 Å². The molecular weight excluding hydrogens is 305 g/mol. The smallest absolute Gasteiger partial charge is 0.268 e. The van der Waals surface area contributed by atoms with E-state index < -0.39 is 21.7 Å². The van der Waals surface area contributed by atoms with Crippen molar-refractivity contribution in [2.24, 2.45) is 5.73 Å². The summed E-state index contributed by atoms with van der Waals surface area (Å²) < 4.78 is 44.4. The molecule has 0 saturated heterocycles. The Morgan fingerprint density at radius 1 is 1.45 bits per heavy atom. The Kier molecular flexibility index (Phi) is 3.36. The maximum absolute atomic E-state index is 12.9. The van der Waals surface area contributed by atoms with E-state index in [9.17, 15) is 17.6 Å². The second kappa shape index (κ2) is 5.17. The van der Waals surface area contributed by atoms with Gasteiger partial charge in [-0.05, 0) is 17.7 Å². The number of halogens is 1. The molecule has 0 bridgehead atoms. The molecule has 0 aliphatic carbocycles. The number of hydrogen-bond donors (Lipinski definition) is 2. The van der Waals surface area contributed by atoms with Crippen LogP contribution in [0.5, 0.6) is 0 Å². The fourth-order valence-electron chi connectivity index (χ4n) is 1.47. The van der Waals surface area contributed by atoms with Crippen molar-refractivity contribution in [3.8, 4) is 10.4 Å². The van der Waals surface area contributed by atoms with Crippen molar-refractivity contribution in [2.75, 3.05) is 11.0 Å². The van der Waals surface area contributed by atoms with Crippen LogP contribution in [-0.4, -0.2) is 25.6 Å². The highest BCUT2D eigenvalue weighted by atomic mass is 32.2. The van der Waals surface area contributed by atoms with Gasteiger partial charge in [0.1, 0.15) is 11.5 Å². The van der Waals surface area contributed by atoms with Crippen LogP contribution in [0.15, 0.2) is 24.3 Å². The van der Waals surface area contributed by atoms with Crippen molar-refractivity contribution in [1.29, 1.82) is 0 Å². The van der Waals surface area contributed by atoms with Gasteiger partial charge in [0.05, 0.1) is 11.1 Å². The zero-order chi connectivity index (χ0) is 15.6. The normalized spacial score (nSPS) is 11.8. The molecule has 9 heteroatoms. The Bertz CT molecular complexity index is 775. The minimum absolute atomic E-state index is 0.00424. The lowest BCUT2D eigenvalue weighted by atomic mass is 10.1. The second-order valence-electron chi connectivity index (χ2n) is 3.91. The van der Waals surface area contributed by atoms with Crippen molar-refractivity contribution in [3.05, 3.63) is 35.8 Å². The zero-order valence-corrected chi connectivity index (χ0v) is 11.8. The molecule has 1 aromatic carbocycles. The highest BCUT2D eigenvalue weighted by Gasteiger charge is 2.19. The molecule has 0 unspecified atom stereocenters.